The Hall–Kier alpha value is -2.30. The summed E-state index contributed by atoms with van der Waals surface area (Å²) in [5.74, 6) is -1.26. The largest absolute Gasteiger partial charge is 0.480 e. The van der Waals surface area contributed by atoms with Crippen LogP contribution in [0.3, 0.4) is 0 Å². The Balaban J connectivity index is 2.53. The number of fused-ring (bicyclic) bond motifs is 1. The number of carbonyl (C=O) groups is 2. The number of likely N-dealkylation sites (N-methyl/N-ethyl adjacent to an activating group) is 1. The number of rotatable bonds is 3. The van der Waals surface area contributed by atoms with Gasteiger partial charge >= 0.3 is 5.97 Å². The molecule has 1 heterocycles. The van der Waals surface area contributed by atoms with Gasteiger partial charge in [-0.25, -0.2) is 0 Å². The average molecular weight is 275 g/mol. The number of carboxylic acid groups (broad SMARTS) is 1. The van der Waals surface area contributed by atoms with Gasteiger partial charge in [-0.2, -0.15) is 0 Å². The van der Waals surface area contributed by atoms with E-state index >= 15 is 0 Å². The lowest BCUT2D eigenvalue weighted by Gasteiger charge is -2.12. The summed E-state index contributed by atoms with van der Waals surface area (Å²) in [6.45, 7) is 5.34. The molecule has 0 fully saturated rings. The van der Waals surface area contributed by atoms with Crippen LogP contribution in [0.2, 0.25) is 0 Å². The van der Waals surface area contributed by atoms with Crippen LogP contribution in [0.1, 0.15) is 27.2 Å². The molecule has 0 saturated carbocycles. The van der Waals surface area contributed by atoms with Crippen LogP contribution in [0.15, 0.2) is 16.5 Å². The topological polar surface area (TPSA) is 70.8 Å². The molecule has 20 heavy (non-hydrogen) atoms. The highest BCUT2D eigenvalue weighted by atomic mass is 16.4. The van der Waals surface area contributed by atoms with Crippen molar-refractivity contribution in [2.24, 2.45) is 0 Å². The Morgan fingerprint density at radius 3 is 2.35 bits per heavy atom. The normalized spacial score (nSPS) is 10.8. The number of nitrogens with zero attached hydrogens (tertiary/aromatic N) is 1. The molecule has 2 aromatic rings. The second-order valence-corrected chi connectivity index (χ2v) is 5.01. The number of furan rings is 1. The molecule has 0 atom stereocenters. The Kier molecular flexibility index (Phi) is 3.53. The third-order valence-corrected chi connectivity index (χ3v) is 3.40. The van der Waals surface area contributed by atoms with Gasteiger partial charge in [0.1, 0.15) is 12.1 Å². The summed E-state index contributed by atoms with van der Waals surface area (Å²) in [7, 11) is 1.45. The maximum absolute atomic E-state index is 12.3. The molecule has 0 spiro atoms. The van der Waals surface area contributed by atoms with Gasteiger partial charge in [0.25, 0.3) is 5.91 Å². The minimum Gasteiger partial charge on any atom is -0.480 e. The van der Waals surface area contributed by atoms with Crippen molar-refractivity contribution in [3.63, 3.8) is 0 Å². The quantitative estimate of drug-likeness (QED) is 0.934. The van der Waals surface area contributed by atoms with E-state index in [1.54, 1.807) is 0 Å². The molecule has 5 heteroatoms. The first-order valence-electron chi connectivity index (χ1n) is 6.29. The maximum atomic E-state index is 12.3. The van der Waals surface area contributed by atoms with Crippen molar-refractivity contribution in [3.8, 4) is 0 Å². The highest BCUT2D eigenvalue weighted by Crippen LogP contribution is 2.31. The lowest BCUT2D eigenvalue weighted by atomic mass is 10.0. The molecule has 0 saturated heterocycles. The van der Waals surface area contributed by atoms with Crippen LogP contribution in [-0.2, 0) is 4.79 Å². The first kappa shape index (κ1) is 14.1. The van der Waals surface area contributed by atoms with E-state index in [4.69, 9.17) is 9.52 Å². The summed E-state index contributed by atoms with van der Waals surface area (Å²) >= 11 is 0. The summed E-state index contributed by atoms with van der Waals surface area (Å²) in [6.07, 6.45) is 0. The van der Waals surface area contributed by atoms with E-state index in [9.17, 15) is 9.59 Å². The number of benzene rings is 1. The summed E-state index contributed by atoms with van der Waals surface area (Å²) in [6, 6.07) is 3.92. The standard InChI is InChI=1S/C15H17NO4/c1-8-5-6-9(2)13-12(8)10(3)14(20-13)15(19)16(4)7-11(17)18/h5-6H,7H2,1-4H3,(H,17,18). The zero-order valence-corrected chi connectivity index (χ0v) is 12.0. The zero-order valence-electron chi connectivity index (χ0n) is 12.0. The monoisotopic (exact) mass is 275 g/mol. The fourth-order valence-electron chi connectivity index (χ4n) is 2.33. The Morgan fingerprint density at radius 1 is 1.20 bits per heavy atom. The summed E-state index contributed by atoms with van der Waals surface area (Å²) in [5.41, 5.74) is 3.43. The number of aliphatic carboxylic acids is 1. The van der Waals surface area contributed by atoms with Gasteiger partial charge in [-0.05, 0) is 31.9 Å². The van der Waals surface area contributed by atoms with E-state index in [-0.39, 0.29) is 12.3 Å². The van der Waals surface area contributed by atoms with Crippen molar-refractivity contribution in [1.82, 2.24) is 4.90 Å². The van der Waals surface area contributed by atoms with E-state index in [2.05, 4.69) is 0 Å². The number of hydrogen-bond donors (Lipinski definition) is 1. The molecular weight excluding hydrogens is 258 g/mol. The molecule has 106 valence electrons. The minimum absolute atomic E-state index is 0.209. The van der Waals surface area contributed by atoms with E-state index < -0.39 is 11.9 Å². The predicted octanol–water partition coefficient (Wildman–Crippen LogP) is 2.51. The molecule has 0 unspecified atom stereocenters. The zero-order chi connectivity index (χ0) is 15.0. The Labute approximate surface area is 116 Å². The fraction of sp³-hybridized carbons (Fsp3) is 0.333. The van der Waals surface area contributed by atoms with Crippen molar-refractivity contribution in [2.45, 2.75) is 20.8 Å². The van der Waals surface area contributed by atoms with Gasteiger partial charge in [-0.3, -0.25) is 9.59 Å². The minimum atomic E-state index is -1.05. The van der Waals surface area contributed by atoms with Gasteiger partial charge in [-0.1, -0.05) is 12.1 Å². The van der Waals surface area contributed by atoms with Crippen LogP contribution in [0.4, 0.5) is 0 Å². The van der Waals surface area contributed by atoms with Gasteiger partial charge in [0, 0.05) is 18.0 Å². The number of carbonyl (C=O) groups excluding carboxylic acids is 1. The van der Waals surface area contributed by atoms with Crippen LogP contribution in [0, 0.1) is 20.8 Å². The van der Waals surface area contributed by atoms with Crippen molar-refractivity contribution < 1.29 is 19.1 Å². The number of carboxylic acids is 1. The number of hydrogen-bond acceptors (Lipinski definition) is 3. The van der Waals surface area contributed by atoms with Crippen LogP contribution in [-0.4, -0.2) is 35.5 Å². The van der Waals surface area contributed by atoms with Crippen molar-refractivity contribution in [3.05, 3.63) is 34.6 Å². The van der Waals surface area contributed by atoms with Gasteiger partial charge in [0.05, 0.1) is 0 Å². The van der Waals surface area contributed by atoms with E-state index in [0.717, 1.165) is 27.0 Å². The molecule has 0 aliphatic carbocycles. The van der Waals surface area contributed by atoms with Crippen LogP contribution < -0.4 is 0 Å². The van der Waals surface area contributed by atoms with E-state index in [0.29, 0.717) is 5.58 Å². The smallest absolute Gasteiger partial charge is 0.323 e. The highest BCUT2D eigenvalue weighted by molar-refractivity contribution is 6.01. The molecule has 1 amide bonds. The van der Waals surface area contributed by atoms with Crippen molar-refractivity contribution in [1.29, 1.82) is 0 Å². The SMILES string of the molecule is Cc1ccc(C)c2c(C)c(C(=O)N(C)CC(=O)O)oc12. The first-order valence-corrected chi connectivity index (χ1v) is 6.29. The molecule has 0 aliphatic heterocycles. The van der Waals surface area contributed by atoms with E-state index in [1.165, 1.54) is 7.05 Å². The summed E-state index contributed by atoms with van der Waals surface area (Å²) < 4.78 is 5.69. The molecule has 2 rings (SSSR count). The molecule has 0 bridgehead atoms. The molecule has 0 radical (unpaired) electrons. The lowest BCUT2D eigenvalue weighted by molar-refractivity contribution is -0.137. The molecule has 0 aliphatic rings. The Bertz CT molecular complexity index is 699. The Morgan fingerprint density at radius 2 is 1.80 bits per heavy atom. The predicted molar refractivity (Wildman–Crippen MR) is 75.0 cm³/mol. The summed E-state index contributed by atoms with van der Waals surface area (Å²) in [5, 5.41) is 9.68. The molecule has 1 aromatic heterocycles. The van der Waals surface area contributed by atoms with Crippen molar-refractivity contribution in [2.75, 3.05) is 13.6 Å². The third kappa shape index (κ3) is 2.27. The lowest BCUT2D eigenvalue weighted by Crippen LogP contribution is -2.32. The first-order chi connectivity index (χ1) is 9.32. The van der Waals surface area contributed by atoms with Crippen LogP contribution >= 0.6 is 0 Å². The van der Waals surface area contributed by atoms with Crippen LogP contribution in [0.25, 0.3) is 11.0 Å². The molecule has 5 nitrogen and oxygen atoms in total. The van der Waals surface area contributed by atoms with Gasteiger partial charge in [0.2, 0.25) is 0 Å². The summed E-state index contributed by atoms with van der Waals surface area (Å²) in [4.78, 5) is 24.1. The third-order valence-electron chi connectivity index (χ3n) is 3.40. The molecular formula is C15H17NO4. The second kappa shape index (κ2) is 5.00. The van der Waals surface area contributed by atoms with Gasteiger partial charge in [0.15, 0.2) is 5.76 Å². The van der Waals surface area contributed by atoms with Crippen LogP contribution in [0.5, 0.6) is 0 Å². The number of aryl methyl sites for hydroxylation is 3. The number of amides is 1. The molecule has 1 aromatic carbocycles. The van der Waals surface area contributed by atoms with Gasteiger partial charge < -0.3 is 14.4 Å². The molecule has 1 N–H and O–H groups in total. The highest BCUT2D eigenvalue weighted by Gasteiger charge is 2.23. The van der Waals surface area contributed by atoms with E-state index in [1.807, 2.05) is 32.9 Å². The fourth-order valence-corrected chi connectivity index (χ4v) is 2.33. The van der Waals surface area contributed by atoms with Gasteiger partial charge in [-0.15, -0.1) is 0 Å². The van der Waals surface area contributed by atoms with Crippen molar-refractivity contribution >= 4 is 22.8 Å². The second-order valence-electron chi connectivity index (χ2n) is 5.01. The maximum Gasteiger partial charge on any atom is 0.323 e. The average Bonchev–Trinajstić information content (AvgIpc) is 2.71.